The van der Waals surface area contributed by atoms with Crippen LogP contribution in [-0.2, 0) is 28.3 Å². The van der Waals surface area contributed by atoms with Crippen LogP contribution in [0.3, 0.4) is 0 Å². The molecule has 0 fully saturated rings. The van der Waals surface area contributed by atoms with Gasteiger partial charge in [-0.15, -0.1) is 0 Å². The van der Waals surface area contributed by atoms with Crippen LogP contribution >= 0.6 is 0 Å². The Bertz CT molecular complexity index is 828. The minimum atomic E-state index is -0.808. The molecule has 3 atom stereocenters. The third-order valence-corrected chi connectivity index (χ3v) is 5.37. The van der Waals surface area contributed by atoms with Crippen molar-refractivity contribution in [1.82, 2.24) is 0 Å². The van der Waals surface area contributed by atoms with Crippen molar-refractivity contribution in [3.63, 3.8) is 0 Å². The number of phenolic OH excluding ortho intramolecular Hbond substituents is 2. The van der Waals surface area contributed by atoms with Gasteiger partial charge in [-0.3, -0.25) is 0 Å². The number of rotatable bonds is 0. The molecular formula is C19H18O4. The summed E-state index contributed by atoms with van der Waals surface area (Å²) in [5, 5.41) is 20.7. The van der Waals surface area contributed by atoms with E-state index in [9.17, 15) is 10.2 Å². The fourth-order valence-electron chi connectivity index (χ4n) is 4.47. The van der Waals surface area contributed by atoms with E-state index in [1.54, 1.807) is 12.1 Å². The monoisotopic (exact) mass is 310 g/mol. The van der Waals surface area contributed by atoms with Crippen molar-refractivity contribution in [2.75, 3.05) is 0 Å². The van der Waals surface area contributed by atoms with Gasteiger partial charge in [0.1, 0.15) is 17.6 Å². The molecule has 2 bridgehead atoms. The van der Waals surface area contributed by atoms with E-state index in [2.05, 4.69) is 6.92 Å². The summed E-state index contributed by atoms with van der Waals surface area (Å²) in [6, 6.07) is 9.16. The molecule has 1 spiro atoms. The van der Waals surface area contributed by atoms with Crippen LogP contribution in [0.15, 0.2) is 30.3 Å². The van der Waals surface area contributed by atoms with Crippen molar-refractivity contribution >= 4 is 0 Å². The lowest BCUT2D eigenvalue weighted by atomic mass is 9.78. The predicted octanol–water partition coefficient (Wildman–Crippen LogP) is 3.48. The quantitative estimate of drug-likeness (QED) is 0.782. The van der Waals surface area contributed by atoms with Crippen LogP contribution in [0, 0.1) is 5.92 Å². The molecule has 0 radical (unpaired) electrons. The maximum absolute atomic E-state index is 10.5. The number of fused-ring (bicyclic) bond motifs is 4. The summed E-state index contributed by atoms with van der Waals surface area (Å²) in [4.78, 5) is 0. The molecular weight excluding hydrogens is 292 g/mol. The Hall–Kier alpha value is -2.04. The van der Waals surface area contributed by atoms with Crippen LogP contribution < -0.4 is 0 Å². The van der Waals surface area contributed by atoms with Gasteiger partial charge in [-0.25, -0.2) is 0 Å². The second-order valence-electron chi connectivity index (χ2n) is 6.93. The van der Waals surface area contributed by atoms with Crippen molar-refractivity contribution in [1.29, 1.82) is 0 Å². The zero-order valence-corrected chi connectivity index (χ0v) is 12.9. The molecule has 2 aliphatic heterocycles. The first kappa shape index (κ1) is 13.4. The molecule has 118 valence electrons. The van der Waals surface area contributed by atoms with E-state index in [4.69, 9.17) is 9.47 Å². The Morgan fingerprint density at radius 1 is 1.13 bits per heavy atom. The molecule has 4 heteroatoms. The number of phenols is 2. The topological polar surface area (TPSA) is 58.9 Å². The van der Waals surface area contributed by atoms with E-state index < -0.39 is 5.79 Å². The number of hydrogen-bond acceptors (Lipinski definition) is 4. The summed E-state index contributed by atoms with van der Waals surface area (Å²) in [6.07, 6.45) is 1.35. The van der Waals surface area contributed by atoms with Gasteiger partial charge in [-0.1, -0.05) is 25.1 Å². The molecule has 4 nitrogen and oxygen atoms in total. The highest BCUT2D eigenvalue weighted by Gasteiger charge is 2.54. The average molecular weight is 310 g/mol. The summed E-state index contributed by atoms with van der Waals surface area (Å²) >= 11 is 0. The lowest BCUT2D eigenvalue weighted by molar-refractivity contribution is -0.260. The molecule has 0 amide bonds. The average Bonchev–Trinajstić information content (AvgIpc) is 2.76. The molecule has 0 saturated carbocycles. The van der Waals surface area contributed by atoms with Gasteiger partial charge in [-0.2, -0.15) is 0 Å². The first-order chi connectivity index (χ1) is 11.1. The highest BCUT2D eigenvalue weighted by molar-refractivity contribution is 5.57. The highest BCUT2D eigenvalue weighted by Crippen LogP contribution is 2.59. The number of ether oxygens (including phenoxy) is 2. The van der Waals surface area contributed by atoms with Crippen molar-refractivity contribution < 1.29 is 19.7 Å². The highest BCUT2D eigenvalue weighted by atomic mass is 16.7. The van der Waals surface area contributed by atoms with Gasteiger partial charge in [0.25, 0.3) is 0 Å². The maximum atomic E-state index is 10.5. The van der Waals surface area contributed by atoms with Gasteiger partial charge in [0.05, 0.1) is 6.61 Å². The van der Waals surface area contributed by atoms with Crippen LogP contribution in [0.5, 0.6) is 11.5 Å². The molecule has 23 heavy (non-hydrogen) atoms. The van der Waals surface area contributed by atoms with Crippen LogP contribution in [-0.4, -0.2) is 10.2 Å². The Morgan fingerprint density at radius 3 is 2.87 bits per heavy atom. The summed E-state index contributed by atoms with van der Waals surface area (Å²) in [5.41, 5.74) is 4.65. The minimum Gasteiger partial charge on any atom is -0.508 e. The normalized spacial score (nSPS) is 30.5. The van der Waals surface area contributed by atoms with Crippen LogP contribution in [0.1, 0.15) is 47.3 Å². The van der Waals surface area contributed by atoms with Gasteiger partial charge < -0.3 is 19.7 Å². The van der Waals surface area contributed by atoms with Crippen molar-refractivity contribution in [2.45, 2.75) is 38.3 Å². The van der Waals surface area contributed by atoms with Crippen molar-refractivity contribution in [3.8, 4) is 11.5 Å². The SMILES string of the molecule is CC1Cc2ccc(O)c3c2C2(C1)OCc1c(O)cccc1C3O2. The first-order valence-corrected chi connectivity index (χ1v) is 8.07. The standard InChI is InChI=1S/C19H18O4/c1-10-7-11-5-6-15(21)16-17(11)19(8-10)22-9-13-12(18(16)23-19)3-2-4-14(13)20/h2-6,10,18,20-21H,7-9H2,1H3. The van der Waals surface area contributed by atoms with Crippen LogP contribution in [0.4, 0.5) is 0 Å². The molecule has 2 N–H and O–H groups in total. The number of benzene rings is 2. The Balaban J connectivity index is 1.83. The maximum Gasteiger partial charge on any atom is 0.197 e. The fourth-order valence-corrected chi connectivity index (χ4v) is 4.47. The molecule has 2 aromatic carbocycles. The van der Waals surface area contributed by atoms with E-state index in [0.29, 0.717) is 12.5 Å². The fraction of sp³-hybridized carbons (Fsp3) is 0.368. The predicted molar refractivity (Wildman–Crippen MR) is 83.1 cm³/mol. The van der Waals surface area contributed by atoms with E-state index in [-0.39, 0.29) is 17.6 Å². The summed E-state index contributed by atoms with van der Waals surface area (Å²) in [6.45, 7) is 2.51. The molecule has 1 aliphatic carbocycles. The lowest BCUT2D eigenvalue weighted by Crippen LogP contribution is -2.36. The third kappa shape index (κ3) is 1.62. The molecule has 3 aliphatic rings. The smallest absolute Gasteiger partial charge is 0.197 e. The lowest BCUT2D eigenvalue weighted by Gasteiger charge is -2.37. The summed E-state index contributed by atoms with van der Waals surface area (Å²) in [5.74, 6) is 0.0894. The van der Waals surface area contributed by atoms with Gasteiger partial charge >= 0.3 is 0 Å². The van der Waals surface area contributed by atoms with E-state index in [1.807, 2.05) is 18.2 Å². The molecule has 5 rings (SSSR count). The summed E-state index contributed by atoms with van der Waals surface area (Å²) < 4.78 is 12.6. The Kier molecular flexibility index (Phi) is 2.49. The van der Waals surface area contributed by atoms with E-state index in [1.165, 1.54) is 5.56 Å². The Morgan fingerprint density at radius 2 is 2.00 bits per heavy atom. The Labute approximate surface area is 134 Å². The largest absolute Gasteiger partial charge is 0.508 e. The molecule has 3 unspecified atom stereocenters. The van der Waals surface area contributed by atoms with Gasteiger partial charge in [-0.05, 0) is 35.6 Å². The molecule has 2 aromatic rings. The zero-order chi connectivity index (χ0) is 15.8. The number of aromatic hydroxyl groups is 2. The van der Waals surface area contributed by atoms with E-state index >= 15 is 0 Å². The van der Waals surface area contributed by atoms with Crippen LogP contribution in [0.2, 0.25) is 0 Å². The van der Waals surface area contributed by atoms with Gasteiger partial charge in [0, 0.05) is 23.1 Å². The summed E-state index contributed by atoms with van der Waals surface area (Å²) in [7, 11) is 0. The van der Waals surface area contributed by atoms with Crippen molar-refractivity contribution in [2.24, 2.45) is 5.92 Å². The first-order valence-electron chi connectivity index (χ1n) is 8.07. The van der Waals surface area contributed by atoms with Crippen molar-refractivity contribution in [3.05, 3.63) is 58.1 Å². The van der Waals surface area contributed by atoms with Gasteiger partial charge in [0.2, 0.25) is 0 Å². The van der Waals surface area contributed by atoms with Gasteiger partial charge in [0.15, 0.2) is 5.79 Å². The zero-order valence-electron chi connectivity index (χ0n) is 12.9. The molecule has 2 heterocycles. The minimum absolute atomic E-state index is 0.219. The molecule has 0 saturated heterocycles. The second kappa shape index (κ2) is 4.28. The second-order valence-corrected chi connectivity index (χ2v) is 6.93. The number of hydrogen-bond donors (Lipinski definition) is 2. The molecule has 0 aromatic heterocycles. The van der Waals surface area contributed by atoms with Crippen LogP contribution in [0.25, 0.3) is 0 Å². The van der Waals surface area contributed by atoms with E-state index in [0.717, 1.165) is 35.1 Å². The third-order valence-electron chi connectivity index (χ3n) is 5.37.